The van der Waals surface area contributed by atoms with Crippen LogP contribution in [0, 0.1) is 15.9 Å². The summed E-state index contributed by atoms with van der Waals surface area (Å²) < 4.78 is 18.3. The van der Waals surface area contributed by atoms with Crippen molar-refractivity contribution < 1.29 is 18.5 Å². The minimum Gasteiger partial charge on any atom is -0.414 e. The standard InChI is InChI=1S/C17H13FN4O4S/c18-13-5-3-12(4-6-13)16(23)19-9-15-20-21-17(26-15)27-10-11-1-7-14(8-2-11)22(24)25/h1-8H,9-10H2,(H,19,23). The van der Waals surface area contributed by atoms with E-state index >= 15 is 0 Å². The van der Waals surface area contributed by atoms with Crippen LogP contribution in [-0.4, -0.2) is 21.0 Å². The van der Waals surface area contributed by atoms with Gasteiger partial charge in [-0.1, -0.05) is 23.9 Å². The summed E-state index contributed by atoms with van der Waals surface area (Å²) in [6.45, 7) is 0.0430. The summed E-state index contributed by atoms with van der Waals surface area (Å²) in [7, 11) is 0. The summed E-state index contributed by atoms with van der Waals surface area (Å²) in [5, 5.41) is 21.3. The smallest absolute Gasteiger partial charge is 0.276 e. The van der Waals surface area contributed by atoms with Gasteiger partial charge in [-0.2, -0.15) is 0 Å². The molecule has 0 atom stereocenters. The van der Waals surface area contributed by atoms with Crippen LogP contribution in [0.3, 0.4) is 0 Å². The molecule has 10 heteroatoms. The summed E-state index contributed by atoms with van der Waals surface area (Å²) in [6, 6.07) is 11.3. The largest absolute Gasteiger partial charge is 0.414 e. The number of halogens is 1. The molecule has 27 heavy (non-hydrogen) atoms. The van der Waals surface area contributed by atoms with E-state index in [1.54, 1.807) is 12.1 Å². The average Bonchev–Trinajstić information content (AvgIpc) is 3.13. The Morgan fingerprint density at radius 2 is 1.85 bits per heavy atom. The van der Waals surface area contributed by atoms with E-state index in [2.05, 4.69) is 15.5 Å². The third-order valence-electron chi connectivity index (χ3n) is 3.46. The zero-order chi connectivity index (χ0) is 19.2. The molecule has 1 N–H and O–H groups in total. The number of thioether (sulfide) groups is 1. The Morgan fingerprint density at radius 3 is 2.52 bits per heavy atom. The highest BCUT2D eigenvalue weighted by Crippen LogP contribution is 2.22. The highest BCUT2D eigenvalue weighted by atomic mass is 32.2. The zero-order valence-electron chi connectivity index (χ0n) is 13.8. The van der Waals surface area contributed by atoms with E-state index in [4.69, 9.17) is 4.42 Å². The van der Waals surface area contributed by atoms with Gasteiger partial charge in [0.05, 0.1) is 11.5 Å². The molecule has 0 fully saturated rings. The summed E-state index contributed by atoms with van der Waals surface area (Å²) in [6.07, 6.45) is 0. The van der Waals surface area contributed by atoms with Gasteiger partial charge in [-0.3, -0.25) is 14.9 Å². The number of hydrogen-bond donors (Lipinski definition) is 1. The topological polar surface area (TPSA) is 111 Å². The maximum absolute atomic E-state index is 12.9. The van der Waals surface area contributed by atoms with Gasteiger partial charge in [-0.05, 0) is 29.8 Å². The van der Waals surface area contributed by atoms with Crippen LogP contribution in [0.4, 0.5) is 10.1 Å². The Morgan fingerprint density at radius 1 is 1.15 bits per heavy atom. The van der Waals surface area contributed by atoms with Crippen LogP contribution in [0.2, 0.25) is 0 Å². The van der Waals surface area contributed by atoms with E-state index in [-0.39, 0.29) is 24.0 Å². The van der Waals surface area contributed by atoms with E-state index in [9.17, 15) is 19.3 Å². The number of aromatic nitrogens is 2. The molecule has 8 nitrogen and oxygen atoms in total. The Hall–Kier alpha value is -3.27. The number of non-ortho nitro benzene ring substituents is 1. The molecule has 0 radical (unpaired) electrons. The lowest BCUT2D eigenvalue weighted by Crippen LogP contribution is -2.22. The third kappa shape index (κ3) is 5.11. The second kappa shape index (κ2) is 8.41. The van der Waals surface area contributed by atoms with Crippen LogP contribution in [0.5, 0.6) is 0 Å². The molecule has 0 bridgehead atoms. The molecule has 0 saturated carbocycles. The van der Waals surface area contributed by atoms with Crippen molar-refractivity contribution in [3.8, 4) is 0 Å². The number of nitro groups is 1. The van der Waals surface area contributed by atoms with E-state index in [1.807, 2.05) is 0 Å². The van der Waals surface area contributed by atoms with Crippen LogP contribution >= 0.6 is 11.8 Å². The van der Waals surface area contributed by atoms with Gasteiger partial charge < -0.3 is 9.73 Å². The average molecular weight is 388 g/mol. The van der Waals surface area contributed by atoms with Gasteiger partial charge >= 0.3 is 0 Å². The molecule has 138 valence electrons. The quantitative estimate of drug-likeness (QED) is 0.375. The van der Waals surface area contributed by atoms with E-state index in [0.29, 0.717) is 16.5 Å². The fourth-order valence-corrected chi connectivity index (χ4v) is 2.82. The van der Waals surface area contributed by atoms with E-state index in [0.717, 1.165) is 5.56 Å². The first-order chi connectivity index (χ1) is 13.0. The minimum absolute atomic E-state index is 0.0284. The minimum atomic E-state index is -0.457. The molecular formula is C17H13FN4O4S. The molecule has 0 saturated heterocycles. The molecule has 0 spiro atoms. The maximum atomic E-state index is 12.9. The number of rotatable bonds is 7. The van der Waals surface area contributed by atoms with Gasteiger partial charge in [0, 0.05) is 23.4 Å². The first-order valence-corrected chi connectivity index (χ1v) is 8.72. The van der Waals surface area contributed by atoms with Gasteiger partial charge in [0.15, 0.2) is 0 Å². The Kier molecular flexibility index (Phi) is 5.77. The number of amides is 1. The second-order valence-electron chi connectivity index (χ2n) is 5.36. The Bertz CT molecular complexity index is 944. The summed E-state index contributed by atoms with van der Waals surface area (Å²) >= 11 is 1.28. The summed E-state index contributed by atoms with van der Waals surface area (Å²) in [5.41, 5.74) is 1.22. The Labute approximate surface area is 156 Å². The summed E-state index contributed by atoms with van der Waals surface area (Å²) in [4.78, 5) is 22.1. The molecule has 1 amide bonds. The molecule has 0 aliphatic heterocycles. The molecule has 2 aromatic carbocycles. The lowest BCUT2D eigenvalue weighted by atomic mass is 10.2. The van der Waals surface area contributed by atoms with Gasteiger partial charge in [0.2, 0.25) is 5.89 Å². The van der Waals surface area contributed by atoms with Crippen molar-refractivity contribution in [2.24, 2.45) is 0 Å². The van der Waals surface area contributed by atoms with Crippen molar-refractivity contribution in [2.75, 3.05) is 0 Å². The normalized spacial score (nSPS) is 10.6. The first kappa shape index (κ1) is 18.5. The van der Waals surface area contributed by atoms with Crippen LogP contribution < -0.4 is 5.32 Å². The molecule has 0 aliphatic carbocycles. The van der Waals surface area contributed by atoms with Crippen LogP contribution in [0.25, 0.3) is 0 Å². The molecule has 1 heterocycles. The number of nitrogens with one attached hydrogen (secondary N) is 1. The van der Waals surface area contributed by atoms with Gasteiger partial charge in [0.25, 0.3) is 16.8 Å². The Balaban J connectivity index is 1.50. The highest BCUT2D eigenvalue weighted by molar-refractivity contribution is 7.98. The third-order valence-corrected chi connectivity index (χ3v) is 4.35. The molecule has 1 aromatic heterocycles. The van der Waals surface area contributed by atoms with E-state index < -0.39 is 10.7 Å². The van der Waals surface area contributed by atoms with Gasteiger partial charge in [0.1, 0.15) is 5.82 Å². The van der Waals surface area contributed by atoms with Crippen molar-refractivity contribution in [3.05, 3.63) is 81.5 Å². The lowest BCUT2D eigenvalue weighted by molar-refractivity contribution is -0.384. The number of benzene rings is 2. The molecule has 0 unspecified atom stereocenters. The summed E-state index contributed by atoms with van der Waals surface area (Å²) in [5.74, 6) is -0.0650. The maximum Gasteiger partial charge on any atom is 0.276 e. The zero-order valence-corrected chi connectivity index (χ0v) is 14.6. The molecule has 0 aliphatic rings. The van der Waals surface area contributed by atoms with E-state index in [1.165, 1.54) is 48.2 Å². The molecular weight excluding hydrogens is 375 g/mol. The van der Waals surface area contributed by atoms with Crippen LogP contribution in [0.15, 0.2) is 58.2 Å². The van der Waals surface area contributed by atoms with Crippen molar-refractivity contribution in [1.82, 2.24) is 15.5 Å². The number of carbonyl (C=O) groups is 1. The fourth-order valence-electron chi connectivity index (χ4n) is 2.09. The molecule has 3 aromatic rings. The number of carbonyl (C=O) groups excluding carboxylic acids is 1. The molecule has 3 rings (SSSR count). The van der Waals surface area contributed by atoms with Gasteiger partial charge in [-0.25, -0.2) is 4.39 Å². The number of hydrogen-bond acceptors (Lipinski definition) is 7. The van der Waals surface area contributed by atoms with Gasteiger partial charge in [-0.15, -0.1) is 10.2 Å². The predicted molar refractivity (Wildman–Crippen MR) is 94.5 cm³/mol. The van der Waals surface area contributed by atoms with Crippen molar-refractivity contribution >= 4 is 23.4 Å². The number of nitro benzene ring substituents is 1. The first-order valence-electron chi connectivity index (χ1n) is 7.73. The van der Waals surface area contributed by atoms with Crippen molar-refractivity contribution in [3.63, 3.8) is 0 Å². The lowest BCUT2D eigenvalue weighted by Gasteiger charge is -2.02. The SMILES string of the molecule is O=C(NCc1nnc(SCc2ccc([N+](=O)[O-])cc2)o1)c1ccc(F)cc1. The highest BCUT2D eigenvalue weighted by Gasteiger charge is 2.11. The second-order valence-corrected chi connectivity index (χ2v) is 6.29. The van der Waals surface area contributed by atoms with Crippen molar-refractivity contribution in [2.45, 2.75) is 17.5 Å². The fraction of sp³-hybridized carbons (Fsp3) is 0.118. The predicted octanol–water partition coefficient (Wildman–Crippen LogP) is 3.34. The van der Waals surface area contributed by atoms with Crippen molar-refractivity contribution in [1.29, 1.82) is 0 Å². The number of nitrogens with zero attached hydrogens (tertiary/aromatic N) is 3. The van der Waals surface area contributed by atoms with Crippen LogP contribution in [-0.2, 0) is 12.3 Å². The van der Waals surface area contributed by atoms with Crippen LogP contribution in [0.1, 0.15) is 21.8 Å². The monoisotopic (exact) mass is 388 g/mol.